The summed E-state index contributed by atoms with van der Waals surface area (Å²) in [4.78, 5) is 16.6. The molecule has 0 aromatic heterocycles. The first-order chi connectivity index (χ1) is 10.2. The molecule has 4 nitrogen and oxygen atoms in total. The Kier molecular flexibility index (Phi) is 4.51. The van der Waals surface area contributed by atoms with Crippen molar-refractivity contribution in [3.8, 4) is 0 Å². The molecular formula is C16H21FN2O2. The molecule has 0 bridgehead atoms. The second kappa shape index (κ2) is 6.54. The number of carbonyl (C=O) groups is 1. The minimum absolute atomic E-state index is 0.0973. The molecule has 2 heterocycles. The number of carbonyl (C=O) groups excluding carboxylic acids is 1. The van der Waals surface area contributed by atoms with E-state index in [1.165, 1.54) is 12.1 Å². The van der Waals surface area contributed by atoms with Gasteiger partial charge in [0.1, 0.15) is 5.82 Å². The van der Waals surface area contributed by atoms with Crippen molar-refractivity contribution in [3.63, 3.8) is 0 Å². The van der Waals surface area contributed by atoms with E-state index < -0.39 is 0 Å². The first-order valence-corrected chi connectivity index (χ1v) is 7.56. The van der Waals surface area contributed by atoms with Crippen molar-refractivity contribution in [2.24, 2.45) is 5.92 Å². The average Bonchev–Trinajstić information content (AvgIpc) is 3.03. The number of rotatable bonds is 4. The SMILES string of the molecule is O=C(CN1CCN(c2ccc(F)cc2)CC1)C1CCOC1. The van der Waals surface area contributed by atoms with Crippen LogP contribution in [0.5, 0.6) is 0 Å². The van der Waals surface area contributed by atoms with E-state index in [1.54, 1.807) is 0 Å². The highest BCUT2D eigenvalue weighted by Crippen LogP contribution is 2.18. The van der Waals surface area contributed by atoms with Crippen LogP contribution in [-0.2, 0) is 9.53 Å². The summed E-state index contributed by atoms with van der Waals surface area (Å²) >= 11 is 0. The van der Waals surface area contributed by atoms with Gasteiger partial charge in [-0.05, 0) is 30.7 Å². The van der Waals surface area contributed by atoms with Crippen molar-refractivity contribution in [2.45, 2.75) is 6.42 Å². The number of Topliss-reactive ketones (excluding diaryl/α,β-unsaturated/α-hetero) is 1. The average molecular weight is 292 g/mol. The summed E-state index contributed by atoms with van der Waals surface area (Å²) in [5.74, 6) is 0.199. The number of ether oxygens (including phenoxy) is 1. The molecule has 0 saturated carbocycles. The van der Waals surface area contributed by atoms with Crippen molar-refractivity contribution >= 4 is 11.5 Å². The Morgan fingerprint density at radius 1 is 1.19 bits per heavy atom. The van der Waals surface area contributed by atoms with Crippen LogP contribution < -0.4 is 4.90 Å². The Morgan fingerprint density at radius 3 is 2.52 bits per heavy atom. The highest BCUT2D eigenvalue weighted by Gasteiger charge is 2.26. The van der Waals surface area contributed by atoms with Gasteiger partial charge in [-0.15, -0.1) is 0 Å². The molecule has 1 unspecified atom stereocenters. The van der Waals surface area contributed by atoms with Crippen LogP contribution in [0.2, 0.25) is 0 Å². The predicted molar refractivity (Wildman–Crippen MR) is 79.0 cm³/mol. The van der Waals surface area contributed by atoms with E-state index in [0.29, 0.717) is 18.9 Å². The molecule has 1 atom stereocenters. The number of nitrogens with zero attached hydrogens (tertiary/aromatic N) is 2. The number of piperazine rings is 1. The summed E-state index contributed by atoms with van der Waals surface area (Å²) in [5, 5.41) is 0. The van der Waals surface area contributed by atoms with E-state index in [2.05, 4.69) is 9.80 Å². The third-order valence-corrected chi connectivity index (χ3v) is 4.33. The zero-order valence-corrected chi connectivity index (χ0v) is 12.1. The molecule has 0 amide bonds. The predicted octanol–water partition coefficient (Wildman–Crippen LogP) is 1.55. The smallest absolute Gasteiger partial charge is 0.152 e. The molecule has 21 heavy (non-hydrogen) atoms. The van der Waals surface area contributed by atoms with Crippen LogP contribution in [0, 0.1) is 11.7 Å². The van der Waals surface area contributed by atoms with Gasteiger partial charge in [-0.3, -0.25) is 9.69 Å². The van der Waals surface area contributed by atoms with Gasteiger partial charge in [-0.2, -0.15) is 0 Å². The second-order valence-electron chi connectivity index (χ2n) is 5.77. The molecule has 5 heteroatoms. The van der Waals surface area contributed by atoms with Crippen LogP contribution in [0.4, 0.5) is 10.1 Å². The number of hydrogen-bond acceptors (Lipinski definition) is 4. The second-order valence-corrected chi connectivity index (χ2v) is 5.77. The first-order valence-electron chi connectivity index (χ1n) is 7.56. The van der Waals surface area contributed by atoms with E-state index in [0.717, 1.165) is 44.9 Å². The Balaban J connectivity index is 1.48. The number of hydrogen-bond donors (Lipinski definition) is 0. The van der Waals surface area contributed by atoms with Crippen LogP contribution in [0.25, 0.3) is 0 Å². The summed E-state index contributed by atoms with van der Waals surface area (Å²) in [6.45, 7) is 5.34. The largest absolute Gasteiger partial charge is 0.381 e. The molecule has 2 saturated heterocycles. The van der Waals surface area contributed by atoms with Gasteiger partial charge in [0.15, 0.2) is 5.78 Å². The fourth-order valence-corrected chi connectivity index (χ4v) is 2.95. The van der Waals surface area contributed by atoms with Gasteiger partial charge in [0, 0.05) is 44.4 Å². The fourth-order valence-electron chi connectivity index (χ4n) is 2.95. The molecule has 114 valence electrons. The van der Waals surface area contributed by atoms with Crippen LogP contribution >= 0.6 is 0 Å². The molecule has 0 aliphatic carbocycles. The summed E-state index contributed by atoms with van der Waals surface area (Å²) < 4.78 is 18.2. The molecular weight excluding hydrogens is 271 g/mol. The van der Waals surface area contributed by atoms with Crippen molar-refractivity contribution in [2.75, 3.05) is 50.8 Å². The van der Waals surface area contributed by atoms with Gasteiger partial charge < -0.3 is 9.64 Å². The van der Waals surface area contributed by atoms with Gasteiger partial charge in [0.2, 0.25) is 0 Å². The Hall–Kier alpha value is -1.46. The van der Waals surface area contributed by atoms with Crippen LogP contribution in [0.3, 0.4) is 0 Å². The molecule has 2 aliphatic heterocycles. The van der Waals surface area contributed by atoms with Crippen molar-refractivity contribution in [1.82, 2.24) is 4.90 Å². The molecule has 1 aromatic rings. The molecule has 0 N–H and O–H groups in total. The Morgan fingerprint density at radius 2 is 1.90 bits per heavy atom. The lowest BCUT2D eigenvalue weighted by atomic mass is 10.0. The maximum Gasteiger partial charge on any atom is 0.152 e. The minimum atomic E-state index is -0.207. The molecule has 2 aliphatic rings. The van der Waals surface area contributed by atoms with Gasteiger partial charge in [0.25, 0.3) is 0 Å². The lowest BCUT2D eigenvalue weighted by Gasteiger charge is -2.36. The summed E-state index contributed by atoms with van der Waals surface area (Å²) in [6, 6.07) is 6.61. The summed E-state index contributed by atoms with van der Waals surface area (Å²) in [7, 11) is 0. The zero-order chi connectivity index (χ0) is 14.7. The number of benzene rings is 1. The molecule has 0 radical (unpaired) electrons. The maximum absolute atomic E-state index is 12.9. The Bertz CT molecular complexity index is 478. The van der Waals surface area contributed by atoms with E-state index in [9.17, 15) is 9.18 Å². The number of ketones is 1. The van der Waals surface area contributed by atoms with Crippen molar-refractivity contribution in [1.29, 1.82) is 0 Å². The first kappa shape index (κ1) is 14.5. The standard InChI is InChI=1S/C16H21FN2O2/c17-14-1-3-15(4-2-14)19-8-6-18(7-9-19)11-16(20)13-5-10-21-12-13/h1-4,13H,5-12H2. The Labute approximate surface area is 124 Å². The third kappa shape index (κ3) is 3.60. The molecule has 0 spiro atoms. The van der Waals surface area contributed by atoms with E-state index in [1.807, 2.05) is 12.1 Å². The van der Waals surface area contributed by atoms with Crippen LogP contribution in [0.1, 0.15) is 6.42 Å². The van der Waals surface area contributed by atoms with E-state index >= 15 is 0 Å². The number of anilines is 1. The van der Waals surface area contributed by atoms with Gasteiger partial charge in [0.05, 0.1) is 13.2 Å². The van der Waals surface area contributed by atoms with Crippen LogP contribution in [-0.4, -0.2) is 56.6 Å². The van der Waals surface area contributed by atoms with Gasteiger partial charge in [-0.25, -0.2) is 4.39 Å². The highest BCUT2D eigenvalue weighted by atomic mass is 19.1. The van der Waals surface area contributed by atoms with E-state index in [-0.39, 0.29) is 11.7 Å². The zero-order valence-electron chi connectivity index (χ0n) is 12.1. The third-order valence-electron chi connectivity index (χ3n) is 4.33. The van der Waals surface area contributed by atoms with E-state index in [4.69, 9.17) is 4.74 Å². The molecule has 2 fully saturated rings. The summed E-state index contributed by atoms with van der Waals surface area (Å²) in [6.07, 6.45) is 0.869. The lowest BCUT2D eigenvalue weighted by molar-refractivity contribution is -0.124. The molecule has 3 rings (SSSR count). The monoisotopic (exact) mass is 292 g/mol. The minimum Gasteiger partial charge on any atom is -0.381 e. The highest BCUT2D eigenvalue weighted by molar-refractivity contribution is 5.83. The van der Waals surface area contributed by atoms with Gasteiger partial charge in [-0.1, -0.05) is 0 Å². The lowest BCUT2D eigenvalue weighted by Crippen LogP contribution is -2.48. The molecule has 1 aromatic carbocycles. The van der Waals surface area contributed by atoms with Crippen molar-refractivity contribution < 1.29 is 13.9 Å². The van der Waals surface area contributed by atoms with Crippen LogP contribution in [0.15, 0.2) is 24.3 Å². The van der Waals surface area contributed by atoms with Crippen molar-refractivity contribution in [3.05, 3.63) is 30.1 Å². The normalized spacial score (nSPS) is 23.5. The van der Waals surface area contributed by atoms with Gasteiger partial charge >= 0.3 is 0 Å². The maximum atomic E-state index is 12.9. The topological polar surface area (TPSA) is 32.8 Å². The fraction of sp³-hybridized carbons (Fsp3) is 0.562. The number of halogens is 1. The summed E-state index contributed by atoms with van der Waals surface area (Å²) in [5.41, 5.74) is 1.05. The quantitative estimate of drug-likeness (QED) is 0.843.